The van der Waals surface area contributed by atoms with Gasteiger partial charge in [-0.25, -0.2) is 4.79 Å². The van der Waals surface area contributed by atoms with E-state index in [1.807, 2.05) is 24.3 Å². The lowest BCUT2D eigenvalue weighted by atomic mass is 10.0. The zero-order chi connectivity index (χ0) is 17.1. The molecule has 1 aliphatic rings. The molecule has 1 unspecified atom stereocenters. The molecule has 1 aromatic carbocycles. The Hall–Kier alpha value is -2.41. The molecule has 1 N–H and O–H groups in total. The van der Waals surface area contributed by atoms with Crippen LogP contribution in [0.3, 0.4) is 0 Å². The van der Waals surface area contributed by atoms with Gasteiger partial charge in [0.15, 0.2) is 0 Å². The van der Waals surface area contributed by atoms with Crippen molar-refractivity contribution >= 4 is 28.4 Å². The Balaban J connectivity index is 1.64. The van der Waals surface area contributed by atoms with Gasteiger partial charge >= 0.3 is 5.97 Å². The third-order valence-electron chi connectivity index (χ3n) is 3.87. The second kappa shape index (κ2) is 7.00. The Morgan fingerprint density at radius 2 is 2.00 bits per heavy atom. The minimum absolute atomic E-state index is 0.0223. The Labute approximate surface area is 141 Å². The molecule has 0 bridgehead atoms. The molecule has 1 amide bonds. The molecule has 1 atom stereocenters. The molecule has 3 rings (SSSR count). The van der Waals surface area contributed by atoms with E-state index in [2.05, 4.69) is 0 Å². The van der Waals surface area contributed by atoms with Gasteiger partial charge in [0.05, 0.1) is 5.75 Å². The summed E-state index contributed by atoms with van der Waals surface area (Å²) < 4.78 is 17.3. The predicted molar refractivity (Wildman–Crippen MR) is 89.5 cm³/mol. The predicted octanol–water partition coefficient (Wildman–Crippen LogP) is 2.21. The molecule has 1 aromatic heterocycles. The topological polar surface area (TPSA) is 87.8 Å². The van der Waals surface area contributed by atoms with E-state index < -0.39 is 16.8 Å². The van der Waals surface area contributed by atoms with E-state index in [4.69, 9.17) is 9.52 Å². The number of aromatic carboxylic acids is 1. The van der Waals surface area contributed by atoms with Crippen molar-refractivity contribution in [3.05, 3.63) is 53.5 Å². The van der Waals surface area contributed by atoms with Gasteiger partial charge in [0.2, 0.25) is 11.7 Å². The second-order valence-corrected chi connectivity index (χ2v) is 7.03. The van der Waals surface area contributed by atoms with Gasteiger partial charge in [0, 0.05) is 23.0 Å². The number of furan rings is 1. The summed E-state index contributed by atoms with van der Waals surface area (Å²) in [6, 6.07) is 10.5. The highest BCUT2D eigenvalue weighted by Gasteiger charge is 2.24. The molecule has 0 fully saturated rings. The lowest BCUT2D eigenvalue weighted by Crippen LogP contribution is -2.38. The lowest BCUT2D eigenvalue weighted by molar-refractivity contribution is -0.116. The van der Waals surface area contributed by atoms with Crippen molar-refractivity contribution in [1.82, 2.24) is 0 Å². The number of para-hydroxylation sites is 1. The minimum atomic E-state index is -1.46. The van der Waals surface area contributed by atoms with Crippen LogP contribution in [0.15, 0.2) is 40.8 Å². The highest BCUT2D eigenvalue weighted by atomic mass is 32.2. The SMILES string of the molecule is O=C(O)c1ccc(CS(=O)CC(=O)N2CCCc3ccccc32)o1. The van der Waals surface area contributed by atoms with E-state index in [1.165, 1.54) is 12.1 Å². The number of carbonyl (C=O) groups excluding carboxylic acids is 1. The highest BCUT2D eigenvalue weighted by molar-refractivity contribution is 7.84. The first kappa shape index (κ1) is 16.4. The smallest absolute Gasteiger partial charge is 0.371 e. The fraction of sp³-hybridized carbons (Fsp3) is 0.294. The van der Waals surface area contributed by atoms with Crippen LogP contribution in [-0.4, -0.2) is 33.5 Å². The van der Waals surface area contributed by atoms with E-state index in [9.17, 15) is 13.8 Å². The zero-order valence-electron chi connectivity index (χ0n) is 12.9. The average Bonchev–Trinajstić information content (AvgIpc) is 3.02. The van der Waals surface area contributed by atoms with Crippen LogP contribution in [0.1, 0.15) is 28.3 Å². The molecule has 126 valence electrons. The number of nitrogens with zero attached hydrogens (tertiary/aromatic N) is 1. The number of carboxylic acid groups (broad SMARTS) is 1. The van der Waals surface area contributed by atoms with Crippen molar-refractivity contribution in [3.8, 4) is 0 Å². The van der Waals surface area contributed by atoms with E-state index >= 15 is 0 Å². The summed E-state index contributed by atoms with van der Waals surface area (Å²) in [5.41, 5.74) is 2.01. The number of aryl methyl sites for hydroxylation is 1. The summed E-state index contributed by atoms with van der Waals surface area (Å²) in [6.07, 6.45) is 1.82. The summed E-state index contributed by atoms with van der Waals surface area (Å²) in [5.74, 6) is -1.35. The fourth-order valence-electron chi connectivity index (χ4n) is 2.79. The number of hydrogen-bond acceptors (Lipinski definition) is 4. The standard InChI is InChI=1S/C17H17NO5S/c19-16(18-9-3-5-12-4-1-2-6-14(12)18)11-24(22)10-13-7-8-15(23-13)17(20)21/h1-2,4,6-8H,3,5,9-11H2,(H,20,21). The number of hydrogen-bond donors (Lipinski definition) is 1. The van der Waals surface area contributed by atoms with Crippen molar-refractivity contribution in [1.29, 1.82) is 0 Å². The second-order valence-electron chi connectivity index (χ2n) is 5.58. The molecule has 2 heterocycles. The molecular weight excluding hydrogens is 330 g/mol. The first-order chi connectivity index (χ1) is 11.5. The molecular formula is C17H17NO5S. The summed E-state index contributed by atoms with van der Waals surface area (Å²) >= 11 is 0. The molecule has 0 saturated heterocycles. The number of anilines is 1. The average molecular weight is 347 g/mol. The van der Waals surface area contributed by atoms with Crippen LogP contribution in [0.4, 0.5) is 5.69 Å². The van der Waals surface area contributed by atoms with Gasteiger partial charge in [0.25, 0.3) is 0 Å². The van der Waals surface area contributed by atoms with Crippen LogP contribution in [0.5, 0.6) is 0 Å². The molecule has 6 nitrogen and oxygen atoms in total. The van der Waals surface area contributed by atoms with E-state index in [0.29, 0.717) is 12.3 Å². The van der Waals surface area contributed by atoms with Gasteiger partial charge in [-0.05, 0) is 36.6 Å². The van der Waals surface area contributed by atoms with Gasteiger partial charge in [-0.2, -0.15) is 0 Å². The Morgan fingerprint density at radius 3 is 2.75 bits per heavy atom. The van der Waals surface area contributed by atoms with Crippen molar-refractivity contribution in [2.45, 2.75) is 18.6 Å². The summed E-state index contributed by atoms with van der Waals surface area (Å²) in [5, 5.41) is 8.81. The molecule has 0 aliphatic carbocycles. The van der Waals surface area contributed by atoms with Gasteiger partial charge in [-0.1, -0.05) is 18.2 Å². The van der Waals surface area contributed by atoms with Crippen LogP contribution in [-0.2, 0) is 27.8 Å². The zero-order valence-corrected chi connectivity index (χ0v) is 13.8. The largest absolute Gasteiger partial charge is 0.475 e. The molecule has 0 spiro atoms. The molecule has 7 heteroatoms. The van der Waals surface area contributed by atoms with Crippen LogP contribution < -0.4 is 4.90 Å². The Kier molecular flexibility index (Phi) is 4.80. The van der Waals surface area contributed by atoms with Gasteiger partial charge in [0.1, 0.15) is 11.5 Å². The van der Waals surface area contributed by atoms with Crippen LogP contribution in [0.25, 0.3) is 0 Å². The molecule has 2 aromatic rings. The van der Waals surface area contributed by atoms with Crippen LogP contribution in [0.2, 0.25) is 0 Å². The molecule has 24 heavy (non-hydrogen) atoms. The number of rotatable bonds is 5. The lowest BCUT2D eigenvalue weighted by Gasteiger charge is -2.29. The van der Waals surface area contributed by atoms with Gasteiger partial charge < -0.3 is 14.4 Å². The first-order valence-corrected chi connectivity index (χ1v) is 9.08. The molecule has 1 aliphatic heterocycles. The Bertz CT molecular complexity index is 798. The normalized spacial score (nSPS) is 14.9. The van der Waals surface area contributed by atoms with Crippen molar-refractivity contribution in [2.75, 3.05) is 17.2 Å². The van der Waals surface area contributed by atoms with E-state index in [0.717, 1.165) is 24.1 Å². The number of fused-ring (bicyclic) bond motifs is 1. The quantitative estimate of drug-likeness (QED) is 0.896. The third-order valence-corrected chi connectivity index (χ3v) is 5.05. The highest BCUT2D eigenvalue weighted by Crippen LogP contribution is 2.26. The van der Waals surface area contributed by atoms with Gasteiger partial charge in [-0.3, -0.25) is 9.00 Å². The molecule has 0 radical (unpaired) electrons. The molecule has 0 saturated carbocycles. The number of benzene rings is 1. The van der Waals surface area contributed by atoms with Crippen molar-refractivity contribution < 1.29 is 23.3 Å². The summed E-state index contributed by atoms with van der Waals surface area (Å²) in [7, 11) is -1.46. The fourth-order valence-corrected chi connectivity index (χ4v) is 3.79. The summed E-state index contributed by atoms with van der Waals surface area (Å²) in [4.78, 5) is 24.9. The van der Waals surface area contributed by atoms with Crippen molar-refractivity contribution in [3.63, 3.8) is 0 Å². The van der Waals surface area contributed by atoms with Crippen LogP contribution >= 0.6 is 0 Å². The maximum Gasteiger partial charge on any atom is 0.371 e. The maximum absolute atomic E-state index is 12.5. The monoisotopic (exact) mass is 347 g/mol. The van der Waals surface area contributed by atoms with Crippen molar-refractivity contribution in [2.24, 2.45) is 0 Å². The Morgan fingerprint density at radius 1 is 1.21 bits per heavy atom. The summed E-state index contributed by atoms with van der Waals surface area (Å²) in [6.45, 7) is 0.622. The first-order valence-electron chi connectivity index (χ1n) is 7.60. The van der Waals surface area contributed by atoms with E-state index in [1.54, 1.807) is 4.90 Å². The van der Waals surface area contributed by atoms with E-state index in [-0.39, 0.29) is 23.2 Å². The number of carboxylic acids is 1. The maximum atomic E-state index is 12.5. The number of carbonyl (C=O) groups is 2. The van der Waals surface area contributed by atoms with Crippen LogP contribution in [0, 0.1) is 0 Å². The number of amides is 1. The minimum Gasteiger partial charge on any atom is -0.475 e. The van der Waals surface area contributed by atoms with Gasteiger partial charge in [-0.15, -0.1) is 0 Å². The third kappa shape index (κ3) is 3.56.